The summed E-state index contributed by atoms with van der Waals surface area (Å²) >= 11 is 0. The minimum absolute atomic E-state index is 0.264. The minimum atomic E-state index is -0.498. The van der Waals surface area contributed by atoms with Gasteiger partial charge in [0.1, 0.15) is 5.82 Å². The van der Waals surface area contributed by atoms with Gasteiger partial charge < -0.3 is 15.1 Å². The summed E-state index contributed by atoms with van der Waals surface area (Å²) in [5, 5.41) is 8.31. The predicted molar refractivity (Wildman–Crippen MR) is 125 cm³/mol. The molecule has 174 valence electrons. The quantitative estimate of drug-likeness (QED) is 0.549. The zero-order valence-electron chi connectivity index (χ0n) is 19.4. The van der Waals surface area contributed by atoms with Crippen LogP contribution in [-0.2, 0) is 19.3 Å². The summed E-state index contributed by atoms with van der Waals surface area (Å²) in [4.78, 5) is 19.9. The van der Waals surface area contributed by atoms with Gasteiger partial charge in [0.25, 0.3) is 11.8 Å². The van der Waals surface area contributed by atoms with E-state index in [1.54, 1.807) is 19.1 Å². The van der Waals surface area contributed by atoms with Crippen molar-refractivity contribution in [2.75, 3.05) is 18.0 Å². The molecule has 1 aliphatic rings. The number of aromatic nitrogens is 3. The Morgan fingerprint density at radius 2 is 1.82 bits per heavy atom. The van der Waals surface area contributed by atoms with E-state index in [1.165, 1.54) is 12.1 Å². The van der Waals surface area contributed by atoms with Crippen LogP contribution in [0.2, 0.25) is 0 Å². The second-order valence-electron chi connectivity index (χ2n) is 9.01. The van der Waals surface area contributed by atoms with Gasteiger partial charge >= 0.3 is 0 Å². The molecule has 3 heterocycles. The smallest absolute Gasteiger partial charge is 0.252 e. The number of carbonyl (C=O) groups excluding carboxylic acids is 1. The first-order chi connectivity index (χ1) is 15.8. The van der Waals surface area contributed by atoms with E-state index in [0.717, 1.165) is 42.9 Å². The lowest BCUT2D eigenvalue weighted by atomic mass is 9.94. The number of rotatable bonds is 8. The van der Waals surface area contributed by atoms with Gasteiger partial charge in [-0.2, -0.15) is 0 Å². The van der Waals surface area contributed by atoms with Crippen LogP contribution in [0.3, 0.4) is 0 Å². The first-order valence-corrected chi connectivity index (χ1v) is 11.5. The molecular formula is C25H30FN5O2. The van der Waals surface area contributed by atoms with E-state index in [0.29, 0.717) is 53.8 Å². The number of anilines is 1. The molecule has 0 saturated carbocycles. The zero-order valence-corrected chi connectivity index (χ0v) is 19.4. The van der Waals surface area contributed by atoms with Crippen LogP contribution in [0.25, 0.3) is 11.5 Å². The fourth-order valence-electron chi connectivity index (χ4n) is 4.44. The standard InChI is InChI=1S/C25H30FN5O2/c1-15(2)14-20-21(24(27)32)23(31-12-4-5-13-31)22(25-30-29-16(3)33-25)19(28-20)11-8-17-6-9-18(26)10-7-17/h6-7,9-10,15H,4-5,8,11-14H2,1-3H3,(H2,27,32). The Morgan fingerprint density at radius 3 is 2.39 bits per heavy atom. The maximum Gasteiger partial charge on any atom is 0.252 e. The molecule has 0 unspecified atom stereocenters. The van der Waals surface area contributed by atoms with Gasteiger partial charge in [0.15, 0.2) is 0 Å². The topological polar surface area (TPSA) is 98.1 Å². The van der Waals surface area contributed by atoms with Crippen molar-refractivity contribution in [1.82, 2.24) is 15.2 Å². The van der Waals surface area contributed by atoms with E-state index in [9.17, 15) is 9.18 Å². The Labute approximate surface area is 193 Å². The van der Waals surface area contributed by atoms with Crippen molar-refractivity contribution in [1.29, 1.82) is 0 Å². The fraction of sp³-hybridized carbons (Fsp3) is 0.440. The molecule has 1 saturated heterocycles. The summed E-state index contributed by atoms with van der Waals surface area (Å²) in [7, 11) is 0. The summed E-state index contributed by atoms with van der Waals surface area (Å²) in [6.45, 7) is 7.57. The molecule has 1 fully saturated rings. The third-order valence-electron chi connectivity index (χ3n) is 5.89. The fourth-order valence-corrected chi connectivity index (χ4v) is 4.44. The van der Waals surface area contributed by atoms with E-state index in [4.69, 9.17) is 15.1 Å². The molecule has 0 spiro atoms. The molecule has 0 radical (unpaired) electrons. The number of primary amides is 1. The van der Waals surface area contributed by atoms with Crippen molar-refractivity contribution in [3.8, 4) is 11.5 Å². The van der Waals surface area contributed by atoms with Crippen molar-refractivity contribution in [3.63, 3.8) is 0 Å². The Hall–Kier alpha value is -3.29. The third kappa shape index (κ3) is 5.05. The number of hydrogen-bond acceptors (Lipinski definition) is 6. The van der Waals surface area contributed by atoms with Crippen LogP contribution in [0.5, 0.6) is 0 Å². The Morgan fingerprint density at radius 1 is 1.12 bits per heavy atom. The van der Waals surface area contributed by atoms with Gasteiger partial charge in [-0.05, 0) is 55.7 Å². The molecule has 33 heavy (non-hydrogen) atoms. The van der Waals surface area contributed by atoms with Gasteiger partial charge in [-0.3, -0.25) is 9.78 Å². The Balaban J connectivity index is 1.91. The van der Waals surface area contributed by atoms with Crippen molar-refractivity contribution < 1.29 is 13.6 Å². The van der Waals surface area contributed by atoms with E-state index in [-0.39, 0.29) is 5.82 Å². The van der Waals surface area contributed by atoms with Crippen molar-refractivity contribution >= 4 is 11.6 Å². The molecule has 2 aromatic heterocycles. The van der Waals surface area contributed by atoms with Gasteiger partial charge in [0.05, 0.1) is 28.2 Å². The van der Waals surface area contributed by atoms with Crippen LogP contribution in [-0.4, -0.2) is 34.2 Å². The number of hydrogen-bond donors (Lipinski definition) is 1. The lowest BCUT2D eigenvalue weighted by molar-refractivity contribution is 0.0999. The molecule has 0 bridgehead atoms. The first kappa shape index (κ1) is 22.9. The van der Waals surface area contributed by atoms with E-state index in [2.05, 4.69) is 28.9 Å². The average molecular weight is 452 g/mol. The molecule has 2 N–H and O–H groups in total. The molecule has 8 heteroatoms. The summed E-state index contributed by atoms with van der Waals surface area (Å²) < 4.78 is 19.2. The molecule has 0 aliphatic carbocycles. The molecule has 1 amide bonds. The highest BCUT2D eigenvalue weighted by molar-refractivity contribution is 6.03. The number of benzene rings is 1. The van der Waals surface area contributed by atoms with Crippen LogP contribution in [0.1, 0.15) is 59.9 Å². The highest BCUT2D eigenvalue weighted by atomic mass is 19.1. The van der Waals surface area contributed by atoms with Crippen molar-refractivity contribution in [2.45, 2.75) is 52.9 Å². The number of nitrogens with zero attached hydrogens (tertiary/aromatic N) is 4. The molecule has 0 atom stereocenters. The largest absolute Gasteiger partial charge is 0.421 e. The molecule has 1 aromatic carbocycles. The van der Waals surface area contributed by atoms with Crippen LogP contribution in [0.15, 0.2) is 28.7 Å². The molecule has 7 nitrogen and oxygen atoms in total. The molecule has 1 aliphatic heterocycles. The zero-order chi connectivity index (χ0) is 23.5. The number of nitrogens with two attached hydrogens (primary N) is 1. The van der Waals surface area contributed by atoms with Crippen molar-refractivity contribution in [3.05, 3.63) is 58.5 Å². The maximum atomic E-state index is 13.4. The number of halogens is 1. The number of aryl methyl sites for hydroxylation is 3. The SMILES string of the molecule is Cc1nnc(-c2c(CCc3ccc(F)cc3)nc(CC(C)C)c(C(N)=O)c2N2CCCC2)o1. The summed E-state index contributed by atoms with van der Waals surface area (Å²) in [5.74, 6) is 0.315. The highest BCUT2D eigenvalue weighted by Crippen LogP contribution is 2.39. The Bertz CT molecular complexity index is 1130. The van der Waals surface area contributed by atoms with Crippen LogP contribution < -0.4 is 10.6 Å². The minimum Gasteiger partial charge on any atom is -0.421 e. The molecule has 3 aromatic rings. The third-order valence-corrected chi connectivity index (χ3v) is 5.89. The monoisotopic (exact) mass is 451 g/mol. The normalized spacial score (nSPS) is 13.8. The van der Waals surface area contributed by atoms with Gasteiger partial charge in [-0.1, -0.05) is 26.0 Å². The van der Waals surface area contributed by atoms with Crippen LogP contribution >= 0.6 is 0 Å². The summed E-state index contributed by atoms with van der Waals surface area (Å²) in [6, 6.07) is 6.47. The first-order valence-electron chi connectivity index (χ1n) is 11.5. The maximum absolute atomic E-state index is 13.4. The lowest BCUT2D eigenvalue weighted by Gasteiger charge is -2.26. The van der Waals surface area contributed by atoms with Gasteiger partial charge in [0.2, 0.25) is 5.89 Å². The Kier molecular flexibility index (Phi) is 6.72. The number of carbonyl (C=O) groups is 1. The van der Waals surface area contributed by atoms with Gasteiger partial charge in [0, 0.05) is 20.0 Å². The molecular weight excluding hydrogens is 421 g/mol. The predicted octanol–water partition coefficient (Wildman–Crippen LogP) is 4.26. The van der Waals surface area contributed by atoms with E-state index < -0.39 is 5.91 Å². The number of pyridine rings is 1. The molecule has 4 rings (SSSR count). The van der Waals surface area contributed by atoms with Crippen LogP contribution in [0, 0.1) is 18.7 Å². The average Bonchev–Trinajstić information content (AvgIpc) is 3.44. The van der Waals surface area contributed by atoms with E-state index in [1.807, 2.05) is 0 Å². The van der Waals surface area contributed by atoms with Gasteiger partial charge in [-0.25, -0.2) is 4.39 Å². The van der Waals surface area contributed by atoms with Crippen molar-refractivity contribution in [2.24, 2.45) is 11.7 Å². The lowest BCUT2D eigenvalue weighted by Crippen LogP contribution is -2.27. The van der Waals surface area contributed by atoms with Gasteiger partial charge in [-0.15, -0.1) is 10.2 Å². The van der Waals surface area contributed by atoms with Crippen LogP contribution in [0.4, 0.5) is 10.1 Å². The highest BCUT2D eigenvalue weighted by Gasteiger charge is 2.31. The summed E-state index contributed by atoms with van der Waals surface area (Å²) in [6.07, 6.45) is 3.93. The summed E-state index contributed by atoms with van der Waals surface area (Å²) in [5.41, 5.74) is 10.3. The number of amides is 1. The second kappa shape index (κ2) is 9.68. The second-order valence-corrected chi connectivity index (χ2v) is 9.01. The van der Waals surface area contributed by atoms with E-state index >= 15 is 0 Å².